The predicted molar refractivity (Wildman–Crippen MR) is 54.3 cm³/mol. The van der Waals surface area contributed by atoms with Gasteiger partial charge in [0.15, 0.2) is 0 Å². The second-order valence-electron chi connectivity index (χ2n) is 3.65. The van der Waals surface area contributed by atoms with Crippen LogP contribution in [0.1, 0.15) is 24.1 Å². The van der Waals surface area contributed by atoms with E-state index in [2.05, 4.69) is 10.4 Å². The molecule has 0 amide bonds. The third-order valence-electron chi connectivity index (χ3n) is 2.50. The van der Waals surface area contributed by atoms with Crippen LogP contribution >= 0.6 is 0 Å². The fourth-order valence-electron chi connectivity index (χ4n) is 1.87. The maximum atomic E-state index is 11.7. The molecule has 0 bridgehead atoms. The van der Waals surface area contributed by atoms with E-state index in [0.717, 1.165) is 17.8 Å². The average Bonchev–Trinajstić information content (AvgIpc) is 2.57. The number of nitrogens with zero attached hydrogens (tertiary/aromatic N) is 2. The van der Waals surface area contributed by atoms with Crippen LogP contribution in [0.2, 0.25) is 0 Å². The molecule has 1 aliphatic rings. The first-order valence-electron chi connectivity index (χ1n) is 5.12. The summed E-state index contributed by atoms with van der Waals surface area (Å²) < 4.78 is 6.76. The van der Waals surface area contributed by atoms with E-state index in [1.165, 1.54) is 0 Å². The standard InChI is InChI=1S/C10H15N3O2/c1-3-15-10(14)8-5-11-4-7-6-13(2)12-9(7)8/h6,8,11H,3-5H2,1-2H3. The van der Waals surface area contributed by atoms with E-state index >= 15 is 0 Å². The van der Waals surface area contributed by atoms with Crippen molar-refractivity contribution in [2.24, 2.45) is 7.05 Å². The van der Waals surface area contributed by atoms with Gasteiger partial charge in [0, 0.05) is 31.9 Å². The molecule has 1 aliphatic heterocycles. The van der Waals surface area contributed by atoms with Crippen molar-refractivity contribution in [1.82, 2.24) is 15.1 Å². The maximum absolute atomic E-state index is 11.7. The summed E-state index contributed by atoms with van der Waals surface area (Å²) in [7, 11) is 1.86. The number of nitrogens with one attached hydrogen (secondary N) is 1. The van der Waals surface area contributed by atoms with Crippen LogP contribution in [0.5, 0.6) is 0 Å². The number of hydrogen-bond donors (Lipinski definition) is 1. The minimum Gasteiger partial charge on any atom is -0.465 e. The summed E-state index contributed by atoms with van der Waals surface area (Å²) in [5.74, 6) is -0.445. The lowest BCUT2D eigenvalue weighted by Crippen LogP contribution is -2.33. The van der Waals surface area contributed by atoms with Crippen molar-refractivity contribution in [3.63, 3.8) is 0 Å². The Balaban J connectivity index is 2.25. The quantitative estimate of drug-likeness (QED) is 0.705. The van der Waals surface area contributed by atoms with Gasteiger partial charge in [-0.3, -0.25) is 9.48 Å². The number of carbonyl (C=O) groups is 1. The van der Waals surface area contributed by atoms with Gasteiger partial charge in [-0.25, -0.2) is 0 Å². The number of rotatable bonds is 2. The molecule has 0 aromatic carbocycles. The number of aryl methyl sites for hydroxylation is 1. The highest BCUT2D eigenvalue weighted by atomic mass is 16.5. The van der Waals surface area contributed by atoms with Crippen LogP contribution in [0.15, 0.2) is 6.20 Å². The summed E-state index contributed by atoms with van der Waals surface area (Å²) in [5, 5.41) is 7.50. The number of carbonyl (C=O) groups excluding carboxylic acids is 1. The highest BCUT2D eigenvalue weighted by Crippen LogP contribution is 2.23. The molecular formula is C10H15N3O2. The van der Waals surface area contributed by atoms with Gasteiger partial charge in [-0.15, -0.1) is 0 Å². The van der Waals surface area contributed by atoms with Gasteiger partial charge in [0.25, 0.3) is 0 Å². The Morgan fingerprint density at radius 2 is 2.60 bits per heavy atom. The molecule has 1 N–H and O–H groups in total. The van der Waals surface area contributed by atoms with Gasteiger partial charge in [-0.2, -0.15) is 5.10 Å². The smallest absolute Gasteiger partial charge is 0.316 e. The molecule has 0 fully saturated rings. The molecule has 1 atom stereocenters. The zero-order valence-electron chi connectivity index (χ0n) is 8.99. The molecule has 1 aromatic rings. The maximum Gasteiger partial charge on any atom is 0.316 e. The van der Waals surface area contributed by atoms with Gasteiger partial charge in [0.1, 0.15) is 5.92 Å². The lowest BCUT2D eigenvalue weighted by Gasteiger charge is -2.20. The molecule has 15 heavy (non-hydrogen) atoms. The molecule has 0 saturated carbocycles. The third kappa shape index (κ3) is 1.87. The van der Waals surface area contributed by atoms with Gasteiger partial charge >= 0.3 is 5.97 Å². The van der Waals surface area contributed by atoms with Crippen molar-refractivity contribution < 1.29 is 9.53 Å². The van der Waals surface area contributed by atoms with Crippen LogP contribution in [0.3, 0.4) is 0 Å². The fraction of sp³-hybridized carbons (Fsp3) is 0.600. The Labute approximate surface area is 88.4 Å². The van der Waals surface area contributed by atoms with Crippen LogP contribution in [0.4, 0.5) is 0 Å². The van der Waals surface area contributed by atoms with Crippen molar-refractivity contribution in [3.05, 3.63) is 17.5 Å². The second kappa shape index (κ2) is 4.02. The molecule has 5 heteroatoms. The molecule has 2 rings (SSSR count). The Bertz CT molecular complexity index is 373. The van der Waals surface area contributed by atoms with E-state index in [0.29, 0.717) is 13.2 Å². The summed E-state index contributed by atoms with van der Waals surface area (Å²) in [4.78, 5) is 11.7. The predicted octanol–water partition coefficient (Wildman–Crippen LogP) is 0.170. The van der Waals surface area contributed by atoms with E-state index in [-0.39, 0.29) is 11.9 Å². The first kappa shape index (κ1) is 10.2. The number of ether oxygens (including phenoxy) is 1. The van der Waals surface area contributed by atoms with Gasteiger partial charge in [-0.1, -0.05) is 0 Å². The minimum atomic E-state index is -0.255. The van der Waals surface area contributed by atoms with Gasteiger partial charge in [0.05, 0.1) is 12.3 Å². The largest absolute Gasteiger partial charge is 0.465 e. The summed E-state index contributed by atoms with van der Waals surface area (Å²) in [6, 6.07) is 0. The first-order valence-corrected chi connectivity index (χ1v) is 5.12. The van der Waals surface area contributed by atoms with E-state index in [1.807, 2.05) is 20.2 Å². The summed E-state index contributed by atoms with van der Waals surface area (Å²) >= 11 is 0. The van der Waals surface area contributed by atoms with Crippen molar-refractivity contribution in [2.75, 3.05) is 13.2 Å². The number of hydrogen-bond acceptors (Lipinski definition) is 4. The molecular weight excluding hydrogens is 194 g/mol. The monoisotopic (exact) mass is 209 g/mol. The summed E-state index contributed by atoms with van der Waals surface area (Å²) in [6.07, 6.45) is 1.94. The first-order chi connectivity index (χ1) is 7.22. The molecule has 0 saturated heterocycles. The van der Waals surface area contributed by atoms with Crippen LogP contribution < -0.4 is 5.32 Å². The zero-order valence-corrected chi connectivity index (χ0v) is 8.99. The number of esters is 1. The Kier molecular flexibility index (Phi) is 2.73. The van der Waals surface area contributed by atoms with Gasteiger partial charge in [-0.05, 0) is 6.92 Å². The molecule has 0 aliphatic carbocycles. The van der Waals surface area contributed by atoms with Gasteiger partial charge < -0.3 is 10.1 Å². The Morgan fingerprint density at radius 3 is 3.33 bits per heavy atom. The SMILES string of the molecule is CCOC(=O)C1CNCc2cn(C)nc21. The van der Waals surface area contributed by atoms with Crippen molar-refractivity contribution in [3.8, 4) is 0 Å². The van der Waals surface area contributed by atoms with E-state index in [9.17, 15) is 4.79 Å². The minimum absolute atomic E-state index is 0.190. The number of fused-ring (bicyclic) bond motifs is 1. The molecule has 82 valence electrons. The van der Waals surface area contributed by atoms with Gasteiger partial charge in [0.2, 0.25) is 0 Å². The summed E-state index contributed by atoms with van der Waals surface area (Å²) in [6.45, 7) is 3.62. The zero-order chi connectivity index (χ0) is 10.8. The van der Waals surface area contributed by atoms with Crippen molar-refractivity contribution in [2.45, 2.75) is 19.4 Å². The third-order valence-corrected chi connectivity index (χ3v) is 2.50. The highest BCUT2D eigenvalue weighted by molar-refractivity contribution is 5.78. The Hall–Kier alpha value is -1.36. The van der Waals surface area contributed by atoms with Crippen LogP contribution in [0.25, 0.3) is 0 Å². The Morgan fingerprint density at radius 1 is 1.80 bits per heavy atom. The van der Waals surface area contributed by atoms with Crippen molar-refractivity contribution >= 4 is 5.97 Å². The molecule has 0 spiro atoms. The lowest BCUT2D eigenvalue weighted by molar-refractivity contribution is -0.145. The van der Waals surface area contributed by atoms with Crippen LogP contribution in [-0.2, 0) is 23.1 Å². The van der Waals surface area contributed by atoms with Crippen LogP contribution in [0, 0.1) is 0 Å². The topological polar surface area (TPSA) is 56.1 Å². The van der Waals surface area contributed by atoms with E-state index in [4.69, 9.17) is 4.74 Å². The molecule has 5 nitrogen and oxygen atoms in total. The number of aromatic nitrogens is 2. The molecule has 0 radical (unpaired) electrons. The van der Waals surface area contributed by atoms with Crippen LogP contribution in [-0.4, -0.2) is 28.9 Å². The molecule has 1 unspecified atom stereocenters. The molecule has 2 heterocycles. The second-order valence-corrected chi connectivity index (χ2v) is 3.65. The average molecular weight is 209 g/mol. The lowest BCUT2D eigenvalue weighted by atomic mass is 9.98. The van der Waals surface area contributed by atoms with E-state index < -0.39 is 0 Å². The highest BCUT2D eigenvalue weighted by Gasteiger charge is 2.30. The normalized spacial score (nSPS) is 19.7. The molecule has 1 aromatic heterocycles. The van der Waals surface area contributed by atoms with Crippen molar-refractivity contribution in [1.29, 1.82) is 0 Å². The fourth-order valence-corrected chi connectivity index (χ4v) is 1.87. The summed E-state index contributed by atoms with van der Waals surface area (Å²) in [5.41, 5.74) is 1.94. The van der Waals surface area contributed by atoms with E-state index in [1.54, 1.807) is 4.68 Å².